The topological polar surface area (TPSA) is 36.9 Å². The first-order chi connectivity index (χ1) is 11.5. The van der Waals surface area contributed by atoms with E-state index in [1.54, 1.807) is 7.11 Å². The van der Waals surface area contributed by atoms with Gasteiger partial charge in [0.1, 0.15) is 0 Å². The first-order valence-corrected chi connectivity index (χ1v) is 9.42. The molecule has 0 aromatic carbocycles. The molecule has 3 aliphatic rings. The number of methoxy groups -OCH3 is 1. The van der Waals surface area contributed by atoms with Crippen molar-refractivity contribution in [2.24, 2.45) is 11.0 Å². The fourth-order valence-electron chi connectivity index (χ4n) is 4.45. The van der Waals surface area contributed by atoms with Crippen LogP contribution in [0.25, 0.3) is 0 Å². The molecule has 0 amide bonds. The number of nitrogens with zero attached hydrogens (tertiary/aromatic N) is 2. The standard InChI is InChI=1S/C20H33N3O/c1-14-11-17(13-21-15(2)18-7-8-18)12-20(4)19(14)16(3)22-23(20)9-6-10-24-5/h11,15,18,21H,6-10,12-13H2,1-5H3. The zero-order valence-electron chi connectivity index (χ0n) is 16.0. The van der Waals surface area contributed by atoms with Crippen molar-refractivity contribution < 1.29 is 4.74 Å². The molecule has 2 atom stereocenters. The zero-order chi connectivity index (χ0) is 17.3. The average molecular weight is 332 g/mol. The van der Waals surface area contributed by atoms with Crippen LogP contribution in [0.4, 0.5) is 0 Å². The van der Waals surface area contributed by atoms with Crippen molar-refractivity contribution >= 4 is 5.71 Å². The summed E-state index contributed by atoms with van der Waals surface area (Å²) in [6.45, 7) is 11.8. The first-order valence-electron chi connectivity index (χ1n) is 9.42. The van der Waals surface area contributed by atoms with Gasteiger partial charge < -0.3 is 10.1 Å². The molecule has 0 aromatic rings. The molecular formula is C20H33N3O. The molecule has 0 radical (unpaired) electrons. The third kappa shape index (κ3) is 3.45. The van der Waals surface area contributed by atoms with Gasteiger partial charge in [0, 0.05) is 38.4 Å². The van der Waals surface area contributed by atoms with Gasteiger partial charge in [-0.1, -0.05) is 11.6 Å². The van der Waals surface area contributed by atoms with Gasteiger partial charge >= 0.3 is 0 Å². The second-order valence-corrected chi connectivity index (χ2v) is 7.97. The van der Waals surface area contributed by atoms with Crippen molar-refractivity contribution in [3.8, 4) is 0 Å². The maximum absolute atomic E-state index is 5.22. The van der Waals surface area contributed by atoms with Crippen LogP contribution in [-0.2, 0) is 4.74 Å². The molecule has 134 valence electrons. The number of rotatable bonds is 8. The van der Waals surface area contributed by atoms with Crippen molar-refractivity contribution in [3.05, 3.63) is 22.8 Å². The van der Waals surface area contributed by atoms with Crippen molar-refractivity contribution in [2.45, 2.75) is 65.0 Å². The maximum Gasteiger partial charge on any atom is 0.0857 e. The van der Waals surface area contributed by atoms with E-state index in [1.807, 2.05) is 0 Å². The maximum atomic E-state index is 5.22. The average Bonchev–Trinajstić information content (AvgIpc) is 3.32. The molecule has 1 heterocycles. The van der Waals surface area contributed by atoms with E-state index in [2.05, 4.69) is 44.1 Å². The van der Waals surface area contributed by atoms with Gasteiger partial charge in [-0.3, -0.25) is 5.01 Å². The summed E-state index contributed by atoms with van der Waals surface area (Å²) in [5.74, 6) is 0.902. The Morgan fingerprint density at radius 3 is 2.83 bits per heavy atom. The Labute approximate surface area is 147 Å². The second-order valence-electron chi connectivity index (χ2n) is 7.97. The third-order valence-electron chi connectivity index (χ3n) is 5.83. The van der Waals surface area contributed by atoms with Crippen LogP contribution in [0.3, 0.4) is 0 Å². The van der Waals surface area contributed by atoms with Crippen LogP contribution < -0.4 is 5.32 Å². The van der Waals surface area contributed by atoms with Gasteiger partial charge in [-0.25, -0.2) is 0 Å². The van der Waals surface area contributed by atoms with Crippen LogP contribution >= 0.6 is 0 Å². The summed E-state index contributed by atoms with van der Waals surface area (Å²) in [5.41, 5.74) is 5.51. The number of hydrogen-bond acceptors (Lipinski definition) is 4. The highest BCUT2D eigenvalue weighted by Crippen LogP contribution is 2.43. The van der Waals surface area contributed by atoms with Crippen molar-refractivity contribution in [2.75, 3.05) is 26.8 Å². The highest BCUT2D eigenvalue weighted by atomic mass is 16.5. The first kappa shape index (κ1) is 17.7. The van der Waals surface area contributed by atoms with Crippen molar-refractivity contribution in [1.82, 2.24) is 10.3 Å². The molecule has 1 aliphatic heterocycles. The lowest BCUT2D eigenvalue weighted by molar-refractivity contribution is 0.127. The van der Waals surface area contributed by atoms with Gasteiger partial charge in [-0.2, -0.15) is 5.10 Å². The molecule has 4 heteroatoms. The van der Waals surface area contributed by atoms with E-state index in [4.69, 9.17) is 9.84 Å². The molecule has 1 fully saturated rings. The monoisotopic (exact) mass is 331 g/mol. The van der Waals surface area contributed by atoms with Crippen LogP contribution in [0.5, 0.6) is 0 Å². The lowest BCUT2D eigenvalue weighted by Crippen LogP contribution is -2.45. The molecule has 0 spiro atoms. The molecule has 2 unspecified atom stereocenters. The van der Waals surface area contributed by atoms with E-state index < -0.39 is 0 Å². The van der Waals surface area contributed by atoms with E-state index in [0.29, 0.717) is 6.04 Å². The Kier molecular flexibility index (Phi) is 5.16. The van der Waals surface area contributed by atoms with Gasteiger partial charge in [-0.05, 0) is 64.9 Å². The Morgan fingerprint density at radius 2 is 2.17 bits per heavy atom. The fourth-order valence-corrected chi connectivity index (χ4v) is 4.45. The second kappa shape index (κ2) is 7.01. The lowest BCUT2D eigenvalue weighted by Gasteiger charge is -2.39. The van der Waals surface area contributed by atoms with Crippen molar-refractivity contribution in [3.63, 3.8) is 0 Å². The summed E-state index contributed by atoms with van der Waals surface area (Å²) in [7, 11) is 1.77. The summed E-state index contributed by atoms with van der Waals surface area (Å²) in [4.78, 5) is 0. The Bertz CT molecular complexity index is 573. The van der Waals surface area contributed by atoms with Crippen LogP contribution in [0.1, 0.15) is 53.4 Å². The summed E-state index contributed by atoms with van der Waals surface area (Å²) < 4.78 is 5.22. The minimum Gasteiger partial charge on any atom is -0.385 e. The van der Waals surface area contributed by atoms with E-state index in [9.17, 15) is 0 Å². The number of hydrogen-bond donors (Lipinski definition) is 1. The van der Waals surface area contributed by atoms with E-state index in [1.165, 1.54) is 35.3 Å². The van der Waals surface area contributed by atoms with E-state index in [-0.39, 0.29) is 5.54 Å². The number of fused-ring (bicyclic) bond motifs is 1. The molecule has 1 saturated carbocycles. The summed E-state index contributed by atoms with van der Waals surface area (Å²) in [5, 5.41) is 10.9. The molecule has 0 saturated heterocycles. The minimum atomic E-state index is 0.0104. The molecule has 0 bridgehead atoms. The smallest absolute Gasteiger partial charge is 0.0857 e. The highest BCUT2D eigenvalue weighted by Gasteiger charge is 2.44. The molecular weight excluding hydrogens is 298 g/mol. The van der Waals surface area contributed by atoms with Gasteiger partial charge in [0.15, 0.2) is 0 Å². The molecule has 0 aromatic heterocycles. The normalized spacial score (nSPS) is 28.0. The zero-order valence-corrected chi connectivity index (χ0v) is 16.0. The lowest BCUT2D eigenvalue weighted by atomic mass is 9.76. The van der Waals surface area contributed by atoms with Gasteiger partial charge in [0.05, 0.1) is 11.3 Å². The van der Waals surface area contributed by atoms with Crippen LogP contribution in [0, 0.1) is 5.92 Å². The molecule has 24 heavy (non-hydrogen) atoms. The van der Waals surface area contributed by atoms with Crippen LogP contribution in [0.15, 0.2) is 27.9 Å². The highest BCUT2D eigenvalue weighted by molar-refractivity contribution is 6.03. The van der Waals surface area contributed by atoms with Crippen molar-refractivity contribution in [1.29, 1.82) is 0 Å². The molecule has 3 rings (SSSR count). The van der Waals surface area contributed by atoms with Gasteiger partial charge in [0.2, 0.25) is 0 Å². The minimum absolute atomic E-state index is 0.0104. The Balaban J connectivity index is 1.71. The number of ether oxygens (including phenoxy) is 1. The quantitative estimate of drug-likeness (QED) is 0.692. The van der Waals surface area contributed by atoms with Crippen LogP contribution in [0.2, 0.25) is 0 Å². The Hall–Kier alpha value is -1.13. The predicted molar refractivity (Wildman–Crippen MR) is 100 cm³/mol. The molecule has 2 aliphatic carbocycles. The summed E-state index contributed by atoms with van der Waals surface area (Å²) in [6, 6.07) is 0.642. The fraction of sp³-hybridized carbons (Fsp3) is 0.750. The number of nitrogens with one attached hydrogen (secondary N) is 1. The van der Waals surface area contributed by atoms with Gasteiger partial charge in [0.25, 0.3) is 0 Å². The number of allylic oxidation sites excluding steroid dienone is 2. The summed E-state index contributed by atoms with van der Waals surface area (Å²) in [6.07, 6.45) is 7.27. The van der Waals surface area contributed by atoms with Crippen LogP contribution in [-0.4, -0.2) is 49.1 Å². The predicted octanol–water partition coefficient (Wildman–Crippen LogP) is 3.51. The molecule has 4 nitrogen and oxygen atoms in total. The number of hydrazone groups is 1. The van der Waals surface area contributed by atoms with E-state index in [0.717, 1.165) is 38.5 Å². The Morgan fingerprint density at radius 1 is 1.42 bits per heavy atom. The largest absolute Gasteiger partial charge is 0.385 e. The third-order valence-corrected chi connectivity index (χ3v) is 5.83. The van der Waals surface area contributed by atoms with Gasteiger partial charge in [-0.15, -0.1) is 0 Å². The molecule has 1 N–H and O–H groups in total. The SMILES string of the molecule is COCCCN1N=C(C)C2=C(C)C=C(CNC(C)C3CC3)CC21C. The van der Waals surface area contributed by atoms with E-state index >= 15 is 0 Å². The summed E-state index contributed by atoms with van der Waals surface area (Å²) >= 11 is 0.